The monoisotopic (exact) mass is 175 g/mol. The molecule has 0 spiro atoms. The molecule has 10 heavy (non-hydrogen) atoms. The first-order chi connectivity index (χ1) is 4.93. The Kier molecular flexibility index (Phi) is 6.76. The summed E-state index contributed by atoms with van der Waals surface area (Å²) in [6, 6.07) is 3.76. The number of hydrogen-bond acceptors (Lipinski definition) is 2. The first-order valence-corrected chi connectivity index (χ1v) is 4.76. The van der Waals surface area contributed by atoms with E-state index in [1.54, 1.807) is 12.4 Å². The van der Waals surface area contributed by atoms with Gasteiger partial charge >= 0.3 is 0 Å². The predicted molar refractivity (Wildman–Crippen MR) is 47.3 cm³/mol. The van der Waals surface area contributed by atoms with Crippen LogP contribution in [0.3, 0.4) is 0 Å². The normalized spacial score (nSPS) is 7.90. The van der Waals surface area contributed by atoms with Gasteiger partial charge in [0.2, 0.25) is 0 Å². The maximum atomic E-state index is 5.40. The minimum Gasteiger partial charge on any atom is -0.264 e. The SMILES string of the molecule is CC.ClSc1cccnc1. The van der Waals surface area contributed by atoms with Gasteiger partial charge in [-0.3, -0.25) is 4.98 Å². The second kappa shape index (κ2) is 6.90. The van der Waals surface area contributed by atoms with E-state index in [4.69, 9.17) is 10.7 Å². The van der Waals surface area contributed by atoms with Crippen LogP contribution in [0.5, 0.6) is 0 Å². The standard InChI is InChI=1S/C5H4ClNS.C2H6/c6-8-5-2-1-3-7-4-5;1-2/h1-4H;1-2H3. The van der Waals surface area contributed by atoms with Crippen molar-refractivity contribution in [3.8, 4) is 0 Å². The van der Waals surface area contributed by atoms with Crippen LogP contribution in [0.15, 0.2) is 29.4 Å². The molecule has 0 aliphatic heterocycles. The van der Waals surface area contributed by atoms with E-state index in [1.165, 1.54) is 11.0 Å². The molecule has 1 aromatic rings. The van der Waals surface area contributed by atoms with Gasteiger partial charge < -0.3 is 0 Å². The highest BCUT2D eigenvalue weighted by molar-refractivity contribution is 8.21. The zero-order chi connectivity index (χ0) is 7.82. The lowest BCUT2D eigenvalue weighted by atomic mass is 10.5. The fourth-order valence-corrected chi connectivity index (χ4v) is 0.897. The highest BCUT2D eigenvalue weighted by atomic mass is 35.7. The van der Waals surface area contributed by atoms with Crippen molar-refractivity contribution in [2.45, 2.75) is 18.7 Å². The van der Waals surface area contributed by atoms with E-state index in [2.05, 4.69) is 4.98 Å². The van der Waals surface area contributed by atoms with Gasteiger partial charge in [-0.25, -0.2) is 0 Å². The van der Waals surface area contributed by atoms with Gasteiger partial charge in [0, 0.05) is 17.3 Å². The highest BCUT2D eigenvalue weighted by Gasteiger charge is 1.84. The van der Waals surface area contributed by atoms with E-state index in [9.17, 15) is 0 Å². The van der Waals surface area contributed by atoms with Crippen molar-refractivity contribution < 1.29 is 0 Å². The lowest BCUT2D eigenvalue weighted by Crippen LogP contribution is -1.67. The molecule has 1 nitrogen and oxygen atoms in total. The summed E-state index contributed by atoms with van der Waals surface area (Å²) in [4.78, 5) is 4.83. The molecular formula is C7H10ClNS. The van der Waals surface area contributed by atoms with Gasteiger partial charge in [-0.2, -0.15) is 0 Å². The molecule has 0 saturated carbocycles. The first kappa shape index (κ1) is 9.79. The third-order valence-electron chi connectivity index (χ3n) is 0.723. The van der Waals surface area contributed by atoms with Crippen molar-refractivity contribution in [3.63, 3.8) is 0 Å². The van der Waals surface area contributed by atoms with Crippen LogP contribution < -0.4 is 0 Å². The van der Waals surface area contributed by atoms with Crippen molar-refractivity contribution >= 4 is 21.7 Å². The third-order valence-corrected chi connectivity index (χ3v) is 1.68. The van der Waals surface area contributed by atoms with Crippen LogP contribution in [-0.4, -0.2) is 4.98 Å². The van der Waals surface area contributed by atoms with Gasteiger partial charge in [-0.1, -0.05) is 13.8 Å². The molecule has 1 aromatic heterocycles. The number of halogens is 1. The molecule has 0 aliphatic carbocycles. The summed E-state index contributed by atoms with van der Waals surface area (Å²) >= 11 is 0. The Morgan fingerprint density at radius 2 is 2.20 bits per heavy atom. The Bertz CT molecular complexity index is 155. The van der Waals surface area contributed by atoms with Crippen LogP contribution in [0.2, 0.25) is 0 Å². The number of hydrogen-bond donors (Lipinski definition) is 0. The summed E-state index contributed by atoms with van der Waals surface area (Å²) in [7, 11) is 6.58. The second-order valence-electron chi connectivity index (χ2n) is 1.27. The molecule has 56 valence electrons. The maximum Gasteiger partial charge on any atom is 0.0416 e. The molecule has 0 N–H and O–H groups in total. The van der Waals surface area contributed by atoms with Gasteiger partial charge in [-0.05, 0) is 33.8 Å². The third kappa shape index (κ3) is 3.75. The van der Waals surface area contributed by atoms with Crippen LogP contribution in [0.4, 0.5) is 0 Å². The van der Waals surface area contributed by atoms with Gasteiger partial charge in [0.15, 0.2) is 0 Å². The largest absolute Gasteiger partial charge is 0.264 e. The molecular weight excluding hydrogens is 166 g/mol. The molecule has 0 amide bonds. The van der Waals surface area contributed by atoms with Crippen molar-refractivity contribution in [2.24, 2.45) is 0 Å². The van der Waals surface area contributed by atoms with Gasteiger partial charge in [-0.15, -0.1) is 0 Å². The number of aromatic nitrogens is 1. The van der Waals surface area contributed by atoms with Crippen molar-refractivity contribution in [1.82, 2.24) is 4.98 Å². The molecule has 0 fully saturated rings. The van der Waals surface area contributed by atoms with Crippen LogP contribution in [0.25, 0.3) is 0 Å². The summed E-state index contributed by atoms with van der Waals surface area (Å²) in [6.07, 6.45) is 3.44. The molecule has 3 heteroatoms. The Hall–Kier alpha value is -0.210. The maximum absolute atomic E-state index is 5.40. The molecule has 0 aliphatic rings. The second-order valence-corrected chi connectivity index (χ2v) is 2.35. The zero-order valence-corrected chi connectivity index (χ0v) is 7.62. The Labute approximate surface area is 70.3 Å². The van der Waals surface area contributed by atoms with Gasteiger partial charge in [0.05, 0.1) is 0 Å². The van der Waals surface area contributed by atoms with Crippen LogP contribution in [0, 0.1) is 0 Å². The zero-order valence-electron chi connectivity index (χ0n) is 6.04. The van der Waals surface area contributed by atoms with Crippen molar-refractivity contribution in [1.29, 1.82) is 0 Å². The average molecular weight is 176 g/mol. The summed E-state index contributed by atoms with van der Waals surface area (Å²) in [5, 5.41) is 0. The number of nitrogens with zero attached hydrogens (tertiary/aromatic N) is 1. The number of pyridine rings is 1. The van der Waals surface area contributed by atoms with Crippen LogP contribution >= 0.6 is 21.7 Å². The summed E-state index contributed by atoms with van der Waals surface area (Å²) in [5.74, 6) is 0. The molecule has 1 heterocycles. The van der Waals surface area contributed by atoms with Gasteiger partial charge in [0.1, 0.15) is 0 Å². The number of rotatable bonds is 1. The summed E-state index contributed by atoms with van der Waals surface area (Å²) in [5.41, 5.74) is 0. The molecule has 0 aromatic carbocycles. The van der Waals surface area contributed by atoms with E-state index in [0.717, 1.165) is 4.90 Å². The fraction of sp³-hybridized carbons (Fsp3) is 0.286. The molecule has 0 atom stereocenters. The summed E-state index contributed by atoms with van der Waals surface area (Å²) < 4.78 is 0. The predicted octanol–water partition coefficient (Wildman–Crippen LogP) is 3.35. The first-order valence-electron chi connectivity index (χ1n) is 3.12. The Morgan fingerprint density at radius 3 is 2.50 bits per heavy atom. The van der Waals surface area contributed by atoms with E-state index in [1.807, 2.05) is 26.0 Å². The summed E-state index contributed by atoms with van der Waals surface area (Å²) in [6.45, 7) is 4.00. The van der Waals surface area contributed by atoms with Crippen molar-refractivity contribution in [2.75, 3.05) is 0 Å². The Morgan fingerprint density at radius 1 is 1.50 bits per heavy atom. The fourth-order valence-electron chi connectivity index (χ4n) is 0.393. The quantitative estimate of drug-likeness (QED) is 0.650. The van der Waals surface area contributed by atoms with E-state index >= 15 is 0 Å². The van der Waals surface area contributed by atoms with E-state index in [-0.39, 0.29) is 0 Å². The van der Waals surface area contributed by atoms with E-state index in [0.29, 0.717) is 0 Å². The van der Waals surface area contributed by atoms with E-state index < -0.39 is 0 Å². The smallest absolute Gasteiger partial charge is 0.0416 e. The van der Waals surface area contributed by atoms with Crippen molar-refractivity contribution in [3.05, 3.63) is 24.5 Å². The molecule has 0 bridgehead atoms. The minimum absolute atomic E-state index is 0.981. The lowest BCUT2D eigenvalue weighted by molar-refractivity contribution is 1.24. The van der Waals surface area contributed by atoms with Gasteiger partial charge in [0.25, 0.3) is 0 Å². The van der Waals surface area contributed by atoms with Crippen LogP contribution in [0.1, 0.15) is 13.8 Å². The molecule has 0 saturated heterocycles. The average Bonchev–Trinajstić information content (AvgIpc) is 2.10. The lowest BCUT2D eigenvalue weighted by Gasteiger charge is -1.86. The molecule has 0 unspecified atom stereocenters. The highest BCUT2D eigenvalue weighted by Crippen LogP contribution is 2.18. The topological polar surface area (TPSA) is 12.9 Å². The Balaban J connectivity index is 0.000000371. The molecule has 0 radical (unpaired) electrons. The van der Waals surface area contributed by atoms with Crippen LogP contribution in [-0.2, 0) is 0 Å². The molecule has 1 rings (SSSR count). The minimum atomic E-state index is 0.981.